The third-order valence-electron chi connectivity index (χ3n) is 3.86. The van der Waals surface area contributed by atoms with Crippen LogP contribution in [0.4, 0.5) is 10.1 Å². The van der Waals surface area contributed by atoms with Crippen molar-refractivity contribution in [2.24, 2.45) is 0 Å². The Labute approximate surface area is 146 Å². The van der Waals surface area contributed by atoms with Crippen molar-refractivity contribution in [2.75, 3.05) is 26.6 Å². The molecule has 134 valence electrons. The molecule has 0 saturated carbocycles. The van der Waals surface area contributed by atoms with Gasteiger partial charge in [0, 0.05) is 18.2 Å². The fourth-order valence-electron chi connectivity index (χ4n) is 2.45. The van der Waals surface area contributed by atoms with Gasteiger partial charge in [-0.2, -0.15) is 0 Å². The van der Waals surface area contributed by atoms with Gasteiger partial charge in [-0.25, -0.2) is 4.39 Å². The Morgan fingerprint density at radius 2 is 1.64 bits per heavy atom. The van der Waals surface area contributed by atoms with Crippen LogP contribution in [0.1, 0.15) is 17.5 Å². The molecule has 0 aliphatic rings. The topological polar surface area (TPSA) is 56.8 Å². The first-order valence-electron chi connectivity index (χ1n) is 7.83. The normalized spacial score (nSPS) is 10.3. The van der Waals surface area contributed by atoms with Gasteiger partial charge in [-0.15, -0.1) is 0 Å². The van der Waals surface area contributed by atoms with Crippen LogP contribution in [0.5, 0.6) is 17.2 Å². The van der Waals surface area contributed by atoms with Crippen LogP contribution in [0, 0.1) is 12.7 Å². The van der Waals surface area contributed by atoms with Crippen LogP contribution in [0.3, 0.4) is 0 Å². The third-order valence-corrected chi connectivity index (χ3v) is 3.86. The summed E-state index contributed by atoms with van der Waals surface area (Å²) in [7, 11) is 4.51. The molecular formula is C19H22FNO4. The molecular weight excluding hydrogens is 325 g/mol. The summed E-state index contributed by atoms with van der Waals surface area (Å²) in [6.45, 7) is 1.87. The van der Waals surface area contributed by atoms with E-state index in [4.69, 9.17) is 14.2 Å². The van der Waals surface area contributed by atoms with Crippen molar-refractivity contribution >= 4 is 11.6 Å². The number of rotatable bonds is 7. The molecule has 0 aromatic heterocycles. The highest BCUT2D eigenvalue weighted by Gasteiger charge is 2.12. The van der Waals surface area contributed by atoms with Crippen LogP contribution >= 0.6 is 0 Å². The minimum Gasteiger partial charge on any atom is -0.494 e. The van der Waals surface area contributed by atoms with Gasteiger partial charge in [-0.1, -0.05) is 6.07 Å². The maximum absolute atomic E-state index is 13.7. The summed E-state index contributed by atoms with van der Waals surface area (Å²) in [6, 6.07) is 8.21. The molecule has 25 heavy (non-hydrogen) atoms. The molecule has 0 unspecified atom stereocenters. The third kappa shape index (κ3) is 4.62. The lowest BCUT2D eigenvalue weighted by atomic mass is 10.1. The predicted molar refractivity (Wildman–Crippen MR) is 94.2 cm³/mol. The second kappa shape index (κ2) is 8.37. The molecule has 1 amide bonds. The Morgan fingerprint density at radius 1 is 1.00 bits per heavy atom. The standard InChI is InChI=1S/C19H22FNO4/c1-12-9-17(24-3)18(25-4)11-15(12)21-19(22)8-6-13-5-7-16(23-2)14(20)10-13/h5,7,9-11H,6,8H2,1-4H3,(H,21,22). The van der Waals surface area contributed by atoms with Crippen LogP contribution in [0.25, 0.3) is 0 Å². The smallest absolute Gasteiger partial charge is 0.224 e. The number of halogens is 1. The first-order valence-corrected chi connectivity index (χ1v) is 7.83. The van der Waals surface area contributed by atoms with E-state index in [0.29, 0.717) is 23.6 Å². The van der Waals surface area contributed by atoms with E-state index in [1.807, 2.05) is 6.92 Å². The minimum atomic E-state index is -0.434. The Kier molecular flexibility index (Phi) is 6.22. The SMILES string of the molecule is COc1ccc(CCC(=O)Nc2cc(OC)c(OC)cc2C)cc1F. The molecule has 2 rings (SSSR count). The maximum atomic E-state index is 13.7. The molecule has 0 heterocycles. The van der Waals surface area contributed by atoms with Crippen LogP contribution in [0.2, 0.25) is 0 Å². The first kappa shape index (κ1) is 18.6. The molecule has 0 atom stereocenters. The number of benzene rings is 2. The van der Waals surface area contributed by atoms with Crippen molar-refractivity contribution in [1.82, 2.24) is 0 Å². The van der Waals surface area contributed by atoms with E-state index in [-0.39, 0.29) is 18.1 Å². The fourth-order valence-corrected chi connectivity index (χ4v) is 2.45. The summed E-state index contributed by atoms with van der Waals surface area (Å²) >= 11 is 0. The highest BCUT2D eigenvalue weighted by Crippen LogP contribution is 2.33. The molecule has 2 aromatic rings. The van der Waals surface area contributed by atoms with Gasteiger partial charge in [-0.05, 0) is 42.7 Å². The predicted octanol–water partition coefficient (Wildman–Crippen LogP) is 3.73. The lowest BCUT2D eigenvalue weighted by Crippen LogP contribution is -2.13. The van der Waals surface area contributed by atoms with Crippen LogP contribution < -0.4 is 19.5 Å². The van der Waals surface area contributed by atoms with E-state index in [1.165, 1.54) is 20.3 Å². The van der Waals surface area contributed by atoms with Gasteiger partial charge in [0.15, 0.2) is 23.1 Å². The van der Waals surface area contributed by atoms with Gasteiger partial charge in [0.05, 0.1) is 21.3 Å². The largest absolute Gasteiger partial charge is 0.494 e. The highest BCUT2D eigenvalue weighted by atomic mass is 19.1. The number of carbonyl (C=O) groups is 1. The van der Waals surface area contributed by atoms with E-state index in [2.05, 4.69) is 5.32 Å². The van der Waals surface area contributed by atoms with E-state index in [9.17, 15) is 9.18 Å². The fraction of sp³-hybridized carbons (Fsp3) is 0.316. The van der Waals surface area contributed by atoms with Crippen LogP contribution in [0.15, 0.2) is 30.3 Å². The van der Waals surface area contributed by atoms with E-state index < -0.39 is 5.82 Å². The molecule has 0 bridgehead atoms. The summed E-state index contributed by atoms with van der Waals surface area (Å²) < 4.78 is 29.0. The molecule has 0 radical (unpaired) electrons. The van der Waals surface area contributed by atoms with Gasteiger partial charge in [0.25, 0.3) is 0 Å². The molecule has 6 heteroatoms. The molecule has 5 nitrogen and oxygen atoms in total. The number of nitrogens with one attached hydrogen (secondary N) is 1. The average Bonchev–Trinajstić information content (AvgIpc) is 2.61. The van der Waals surface area contributed by atoms with Crippen molar-refractivity contribution in [3.8, 4) is 17.2 Å². The number of aryl methyl sites for hydroxylation is 2. The summed E-state index contributed by atoms with van der Waals surface area (Å²) in [6.07, 6.45) is 0.665. The number of ether oxygens (including phenoxy) is 3. The average molecular weight is 347 g/mol. The number of methoxy groups -OCH3 is 3. The molecule has 1 N–H and O–H groups in total. The quantitative estimate of drug-likeness (QED) is 0.829. The second-order valence-electron chi connectivity index (χ2n) is 5.54. The van der Waals surface area contributed by atoms with E-state index >= 15 is 0 Å². The van der Waals surface area contributed by atoms with Crippen molar-refractivity contribution < 1.29 is 23.4 Å². The van der Waals surface area contributed by atoms with Crippen LogP contribution in [-0.2, 0) is 11.2 Å². The maximum Gasteiger partial charge on any atom is 0.224 e. The summed E-state index contributed by atoms with van der Waals surface area (Å²) in [5.74, 6) is 0.740. The number of carbonyl (C=O) groups excluding carboxylic acids is 1. The molecule has 0 aliphatic carbocycles. The van der Waals surface area contributed by atoms with Gasteiger partial charge in [0.1, 0.15) is 0 Å². The lowest BCUT2D eigenvalue weighted by Gasteiger charge is -2.13. The van der Waals surface area contributed by atoms with Crippen molar-refractivity contribution in [3.63, 3.8) is 0 Å². The van der Waals surface area contributed by atoms with Crippen LogP contribution in [-0.4, -0.2) is 27.2 Å². The number of hydrogen-bond donors (Lipinski definition) is 1. The Morgan fingerprint density at radius 3 is 2.24 bits per heavy atom. The highest BCUT2D eigenvalue weighted by molar-refractivity contribution is 5.92. The summed E-state index contributed by atoms with van der Waals surface area (Å²) in [4.78, 5) is 12.2. The Balaban J connectivity index is 2.02. The monoisotopic (exact) mass is 347 g/mol. The Hall–Kier alpha value is -2.76. The molecule has 2 aromatic carbocycles. The summed E-state index contributed by atoms with van der Waals surface area (Å²) in [5.41, 5.74) is 2.25. The van der Waals surface area contributed by atoms with Gasteiger partial charge in [-0.3, -0.25) is 4.79 Å². The lowest BCUT2D eigenvalue weighted by molar-refractivity contribution is -0.116. The second-order valence-corrected chi connectivity index (χ2v) is 5.54. The van der Waals surface area contributed by atoms with E-state index in [0.717, 1.165) is 11.1 Å². The molecule has 0 saturated heterocycles. The molecule has 0 aliphatic heterocycles. The van der Waals surface area contributed by atoms with Crippen molar-refractivity contribution in [2.45, 2.75) is 19.8 Å². The molecule has 0 spiro atoms. The zero-order valence-electron chi connectivity index (χ0n) is 14.8. The first-order chi connectivity index (χ1) is 12.0. The van der Waals surface area contributed by atoms with Gasteiger partial charge < -0.3 is 19.5 Å². The van der Waals surface area contributed by atoms with E-state index in [1.54, 1.807) is 31.4 Å². The minimum absolute atomic E-state index is 0.161. The zero-order chi connectivity index (χ0) is 18.4. The summed E-state index contributed by atoms with van der Waals surface area (Å²) in [5, 5.41) is 2.85. The van der Waals surface area contributed by atoms with Gasteiger partial charge in [0.2, 0.25) is 5.91 Å². The number of hydrogen-bond acceptors (Lipinski definition) is 4. The Bertz CT molecular complexity index is 761. The van der Waals surface area contributed by atoms with Crippen molar-refractivity contribution in [3.05, 3.63) is 47.3 Å². The number of anilines is 1. The zero-order valence-corrected chi connectivity index (χ0v) is 14.8. The van der Waals surface area contributed by atoms with Gasteiger partial charge >= 0.3 is 0 Å². The van der Waals surface area contributed by atoms with Crippen molar-refractivity contribution in [1.29, 1.82) is 0 Å². The molecule has 0 fully saturated rings. The number of amides is 1.